The summed E-state index contributed by atoms with van der Waals surface area (Å²) in [6.45, 7) is 0.840. The SMILES string of the molecule is Cc1cc(Nc2nccn3c(-c4ccc(OC(F)F)cc4)cnc23)ccc1C(=O)N1CCN(C(=O)[C@@H](N)CCCNC(N)=O)CC1. The number of nitrogens with two attached hydrogens (primary N) is 2. The summed E-state index contributed by atoms with van der Waals surface area (Å²) < 4.78 is 31.3. The summed E-state index contributed by atoms with van der Waals surface area (Å²) in [7, 11) is 0. The molecule has 0 saturated carbocycles. The number of anilines is 2. The number of hydrogen-bond acceptors (Lipinski definition) is 8. The lowest BCUT2D eigenvalue weighted by molar-refractivity contribution is -0.134. The van der Waals surface area contributed by atoms with E-state index in [1.165, 1.54) is 12.1 Å². The van der Waals surface area contributed by atoms with Crippen molar-refractivity contribution in [2.45, 2.75) is 32.4 Å². The van der Waals surface area contributed by atoms with E-state index in [9.17, 15) is 23.2 Å². The van der Waals surface area contributed by atoms with Crippen molar-refractivity contribution >= 4 is 35.0 Å². The van der Waals surface area contributed by atoms with Crippen LogP contribution in [0.4, 0.5) is 25.1 Å². The quantitative estimate of drug-likeness (QED) is 0.182. The third-order valence-corrected chi connectivity index (χ3v) is 7.71. The second kappa shape index (κ2) is 14.2. The van der Waals surface area contributed by atoms with Crippen LogP contribution in [0.5, 0.6) is 5.75 Å². The first kappa shape index (κ1) is 32.1. The molecule has 1 fully saturated rings. The maximum Gasteiger partial charge on any atom is 0.387 e. The van der Waals surface area contributed by atoms with E-state index in [0.29, 0.717) is 68.3 Å². The minimum Gasteiger partial charge on any atom is -0.435 e. The number of piperazine rings is 1. The van der Waals surface area contributed by atoms with Gasteiger partial charge in [-0.3, -0.25) is 14.0 Å². The number of primary amides is 1. The number of ether oxygens (including phenoxy) is 1. The molecule has 2 aromatic carbocycles. The molecule has 0 bridgehead atoms. The first-order chi connectivity index (χ1) is 22.1. The number of nitrogens with zero attached hydrogens (tertiary/aromatic N) is 5. The van der Waals surface area contributed by atoms with Gasteiger partial charge in [-0.2, -0.15) is 8.78 Å². The van der Waals surface area contributed by atoms with Crippen LogP contribution < -0.4 is 26.8 Å². The number of imidazole rings is 1. The van der Waals surface area contributed by atoms with Gasteiger partial charge in [-0.15, -0.1) is 0 Å². The van der Waals surface area contributed by atoms with E-state index in [1.54, 1.807) is 52.7 Å². The molecule has 0 spiro atoms. The van der Waals surface area contributed by atoms with Crippen molar-refractivity contribution in [3.63, 3.8) is 0 Å². The molecule has 4 amide bonds. The van der Waals surface area contributed by atoms with Gasteiger partial charge in [0.15, 0.2) is 11.5 Å². The smallest absolute Gasteiger partial charge is 0.387 e. The van der Waals surface area contributed by atoms with Crippen molar-refractivity contribution in [1.82, 2.24) is 29.5 Å². The molecule has 4 aromatic rings. The maximum atomic E-state index is 13.4. The van der Waals surface area contributed by atoms with E-state index in [4.69, 9.17) is 11.5 Å². The van der Waals surface area contributed by atoms with Crippen LogP contribution in [-0.2, 0) is 4.79 Å². The molecule has 1 aliphatic heterocycles. The number of benzene rings is 2. The van der Waals surface area contributed by atoms with E-state index in [0.717, 1.165) is 16.8 Å². The highest BCUT2D eigenvalue weighted by molar-refractivity contribution is 5.96. The number of aryl methyl sites for hydroxylation is 1. The Hall–Kier alpha value is -5.31. The van der Waals surface area contributed by atoms with Gasteiger partial charge in [-0.1, -0.05) is 0 Å². The van der Waals surface area contributed by atoms with Crippen LogP contribution in [0.1, 0.15) is 28.8 Å². The van der Waals surface area contributed by atoms with E-state index in [-0.39, 0.29) is 17.6 Å². The predicted molar refractivity (Wildman–Crippen MR) is 167 cm³/mol. The van der Waals surface area contributed by atoms with Crippen molar-refractivity contribution in [2.24, 2.45) is 11.5 Å². The lowest BCUT2D eigenvalue weighted by Crippen LogP contribution is -2.54. The molecule has 3 heterocycles. The standard InChI is InChI=1S/C31H35F2N9O4/c1-19-17-21(39-26-27-38-18-25(42(27)12-11-36-26)20-4-7-22(8-5-20)46-30(32)33)6-9-23(19)28(43)40-13-15-41(16-14-40)29(44)24(34)3-2-10-37-31(35)45/h4-9,11-12,17-18,24,30H,2-3,10,13-16,34H2,1H3,(H,36,39)(H3,35,37,45)/t24-/m0/s1. The lowest BCUT2D eigenvalue weighted by atomic mass is 10.1. The Morgan fingerprint density at radius 1 is 1.02 bits per heavy atom. The first-order valence-electron chi connectivity index (χ1n) is 14.7. The molecule has 5 rings (SSSR count). The van der Waals surface area contributed by atoms with Crippen LogP contribution in [0.25, 0.3) is 16.9 Å². The van der Waals surface area contributed by atoms with Crippen molar-refractivity contribution in [2.75, 3.05) is 38.0 Å². The third-order valence-electron chi connectivity index (χ3n) is 7.71. The Morgan fingerprint density at radius 3 is 2.41 bits per heavy atom. The number of halogens is 2. The van der Waals surface area contributed by atoms with Gasteiger partial charge in [-0.05, 0) is 67.8 Å². The summed E-state index contributed by atoms with van der Waals surface area (Å²) in [6, 6.07) is 10.4. The summed E-state index contributed by atoms with van der Waals surface area (Å²) in [6.07, 6.45) is 6.00. The molecule has 242 valence electrons. The highest BCUT2D eigenvalue weighted by atomic mass is 19.3. The summed E-state index contributed by atoms with van der Waals surface area (Å²) in [5.41, 5.74) is 15.2. The van der Waals surface area contributed by atoms with Gasteiger partial charge in [0, 0.05) is 61.9 Å². The van der Waals surface area contributed by atoms with Gasteiger partial charge >= 0.3 is 12.6 Å². The summed E-state index contributed by atoms with van der Waals surface area (Å²) in [5, 5.41) is 5.75. The molecule has 0 aliphatic carbocycles. The summed E-state index contributed by atoms with van der Waals surface area (Å²) in [4.78, 5) is 49.3. The Bertz CT molecular complexity index is 1710. The Morgan fingerprint density at radius 2 is 1.74 bits per heavy atom. The maximum absolute atomic E-state index is 13.4. The molecule has 1 aliphatic rings. The second-order valence-corrected chi connectivity index (χ2v) is 10.8. The molecule has 13 nitrogen and oxygen atoms in total. The van der Waals surface area contributed by atoms with Crippen molar-refractivity contribution < 1.29 is 27.9 Å². The molecule has 46 heavy (non-hydrogen) atoms. The topological polar surface area (TPSA) is 173 Å². The number of rotatable bonds is 11. The van der Waals surface area contributed by atoms with E-state index in [2.05, 4.69) is 25.3 Å². The number of alkyl halides is 2. The molecule has 6 N–H and O–H groups in total. The van der Waals surface area contributed by atoms with Gasteiger partial charge in [0.25, 0.3) is 5.91 Å². The van der Waals surface area contributed by atoms with Gasteiger partial charge in [0.2, 0.25) is 5.91 Å². The minimum atomic E-state index is -2.90. The normalized spacial score (nSPS) is 13.9. The number of urea groups is 1. The van der Waals surface area contributed by atoms with E-state index >= 15 is 0 Å². The number of hydrogen-bond donors (Lipinski definition) is 4. The Labute approximate surface area is 263 Å². The third kappa shape index (κ3) is 7.48. The van der Waals surface area contributed by atoms with Gasteiger partial charge in [0.05, 0.1) is 17.9 Å². The number of aromatic nitrogens is 3. The minimum absolute atomic E-state index is 0.0654. The average molecular weight is 636 g/mol. The number of amides is 4. The zero-order valence-electron chi connectivity index (χ0n) is 25.2. The number of carbonyl (C=O) groups is 3. The van der Waals surface area contributed by atoms with Crippen LogP contribution in [0, 0.1) is 6.92 Å². The highest BCUT2D eigenvalue weighted by Gasteiger charge is 2.28. The number of carbonyl (C=O) groups excluding carboxylic acids is 3. The fourth-order valence-corrected chi connectivity index (χ4v) is 5.34. The Kier molecular flexibility index (Phi) is 9.91. The Balaban J connectivity index is 1.20. The highest BCUT2D eigenvalue weighted by Crippen LogP contribution is 2.28. The van der Waals surface area contributed by atoms with E-state index < -0.39 is 18.7 Å². The molecular formula is C31H35F2N9O4. The molecule has 2 aromatic heterocycles. The number of fused-ring (bicyclic) bond motifs is 1. The van der Waals surface area contributed by atoms with Crippen molar-refractivity contribution in [1.29, 1.82) is 0 Å². The summed E-state index contributed by atoms with van der Waals surface area (Å²) >= 11 is 0. The molecule has 1 atom stereocenters. The largest absolute Gasteiger partial charge is 0.435 e. The lowest BCUT2D eigenvalue weighted by Gasteiger charge is -2.36. The number of nitrogens with one attached hydrogen (secondary N) is 2. The molecule has 0 unspecified atom stereocenters. The van der Waals surface area contributed by atoms with Crippen LogP contribution in [0.2, 0.25) is 0 Å². The fourth-order valence-electron chi connectivity index (χ4n) is 5.34. The van der Waals surface area contributed by atoms with Gasteiger partial charge in [-0.25, -0.2) is 14.8 Å². The zero-order valence-corrected chi connectivity index (χ0v) is 25.2. The van der Waals surface area contributed by atoms with E-state index in [1.807, 2.05) is 17.4 Å². The van der Waals surface area contributed by atoms with Crippen molar-refractivity contribution in [3.05, 3.63) is 72.2 Å². The average Bonchev–Trinajstić information content (AvgIpc) is 3.48. The van der Waals surface area contributed by atoms with Crippen LogP contribution in [-0.4, -0.2) is 87.4 Å². The van der Waals surface area contributed by atoms with Crippen LogP contribution in [0.3, 0.4) is 0 Å². The fraction of sp³-hybridized carbons (Fsp3) is 0.323. The predicted octanol–water partition coefficient (Wildman–Crippen LogP) is 3.11. The van der Waals surface area contributed by atoms with Gasteiger partial charge < -0.3 is 36.6 Å². The summed E-state index contributed by atoms with van der Waals surface area (Å²) in [5.74, 6) is 0.257. The molecule has 15 heteroatoms. The molecule has 0 radical (unpaired) electrons. The van der Waals surface area contributed by atoms with Crippen molar-refractivity contribution in [3.8, 4) is 17.0 Å². The van der Waals surface area contributed by atoms with Gasteiger partial charge in [0.1, 0.15) is 5.75 Å². The molecule has 1 saturated heterocycles. The molecular weight excluding hydrogens is 600 g/mol. The second-order valence-electron chi connectivity index (χ2n) is 10.8. The van der Waals surface area contributed by atoms with Crippen LogP contribution in [0.15, 0.2) is 61.1 Å². The monoisotopic (exact) mass is 635 g/mol. The zero-order chi connectivity index (χ0) is 32.8. The first-order valence-corrected chi connectivity index (χ1v) is 14.7. The van der Waals surface area contributed by atoms with Crippen LogP contribution >= 0.6 is 0 Å².